The lowest BCUT2D eigenvalue weighted by Gasteiger charge is -2.15. The van der Waals surface area contributed by atoms with Crippen molar-refractivity contribution in [2.45, 2.75) is 26.3 Å². The van der Waals surface area contributed by atoms with E-state index < -0.39 is 6.04 Å². The van der Waals surface area contributed by atoms with Gasteiger partial charge in [-0.05, 0) is 12.3 Å². The molecule has 0 aliphatic heterocycles. The Hall–Kier alpha value is -0.650. The summed E-state index contributed by atoms with van der Waals surface area (Å²) in [7, 11) is 0. The smallest absolute Gasteiger partial charge is 0.237 e. The summed E-state index contributed by atoms with van der Waals surface area (Å²) in [6.45, 7) is 5.30. The molecule has 90 valence electrons. The minimum atomic E-state index is -0.441. The Bertz CT molecular complexity index is 174. The molecule has 4 N–H and O–H groups in total. The van der Waals surface area contributed by atoms with Crippen molar-refractivity contribution in [3.63, 3.8) is 0 Å². The highest BCUT2D eigenvalue weighted by molar-refractivity contribution is 5.81. The second kappa shape index (κ2) is 8.64. The van der Waals surface area contributed by atoms with Gasteiger partial charge < -0.3 is 20.9 Å². The molecule has 0 radical (unpaired) electrons. The van der Waals surface area contributed by atoms with Gasteiger partial charge in [0, 0.05) is 13.2 Å². The van der Waals surface area contributed by atoms with Gasteiger partial charge in [0.05, 0.1) is 19.3 Å². The average molecular weight is 218 g/mol. The summed E-state index contributed by atoms with van der Waals surface area (Å²) in [5.41, 5.74) is 5.65. The minimum Gasteiger partial charge on any atom is -0.394 e. The van der Waals surface area contributed by atoms with Gasteiger partial charge in [0.15, 0.2) is 0 Å². The SMILES string of the molecule is CC(C)[C@@H](N)C(=O)NCCCOCCO. The van der Waals surface area contributed by atoms with E-state index in [0.29, 0.717) is 19.8 Å². The summed E-state index contributed by atoms with van der Waals surface area (Å²) in [5.74, 6) is 0.0304. The van der Waals surface area contributed by atoms with Crippen molar-refractivity contribution < 1.29 is 14.6 Å². The Morgan fingerprint density at radius 3 is 2.67 bits per heavy atom. The number of carbonyl (C=O) groups is 1. The first kappa shape index (κ1) is 14.3. The lowest BCUT2D eigenvalue weighted by Crippen LogP contribution is -2.44. The van der Waals surface area contributed by atoms with E-state index in [1.54, 1.807) is 0 Å². The molecule has 0 saturated carbocycles. The molecule has 0 aliphatic carbocycles. The fourth-order valence-corrected chi connectivity index (χ4v) is 0.973. The van der Waals surface area contributed by atoms with Crippen molar-refractivity contribution in [3.05, 3.63) is 0 Å². The lowest BCUT2D eigenvalue weighted by atomic mass is 10.1. The first-order valence-corrected chi connectivity index (χ1v) is 5.31. The summed E-state index contributed by atoms with van der Waals surface area (Å²) < 4.78 is 5.04. The molecule has 0 bridgehead atoms. The van der Waals surface area contributed by atoms with E-state index >= 15 is 0 Å². The van der Waals surface area contributed by atoms with E-state index in [1.807, 2.05) is 13.8 Å². The molecule has 0 rings (SSSR count). The van der Waals surface area contributed by atoms with Crippen LogP contribution in [0.15, 0.2) is 0 Å². The summed E-state index contributed by atoms with van der Waals surface area (Å²) in [6.07, 6.45) is 0.733. The van der Waals surface area contributed by atoms with Gasteiger partial charge in [-0.15, -0.1) is 0 Å². The topological polar surface area (TPSA) is 84.6 Å². The maximum absolute atomic E-state index is 11.4. The van der Waals surface area contributed by atoms with E-state index in [4.69, 9.17) is 15.6 Å². The summed E-state index contributed by atoms with van der Waals surface area (Å²) in [5, 5.41) is 11.2. The van der Waals surface area contributed by atoms with Crippen LogP contribution in [0.1, 0.15) is 20.3 Å². The Morgan fingerprint density at radius 1 is 1.47 bits per heavy atom. The van der Waals surface area contributed by atoms with Gasteiger partial charge in [0.25, 0.3) is 0 Å². The molecule has 1 amide bonds. The van der Waals surface area contributed by atoms with Crippen molar-refractivity contribution in [1.82, 2.24) is 5.32 Å². The molecule has 0 saturated heterocycles. The Balaban J connectivity index is 3.39. The van der Waals surface area contributed by atoms with Crippen LogP contribution in [0.2, 0.25) is 0 Å². The summed E-state index contributed by atoms with van der Waals surface area (Å²) >= 11 is 0. The normalized spacial score (nSPS) is 12.9. The molecule has 5 nitrogen and oxygen atoms in total. The molecule has 0 fully saturated rings. The van der Waals surface area contributed by atoms with Crippen molar-refractivity contribution >= 4 is 5.91 Å². The highest BCUT2D eigenvalue weighted by Crippen LogP contribution is 1.97. The molecule has 0 aromatic heterocycles. The Kier molecular flexibility index (Phi) is 8.27. The predicted octanol–water partition coefficient (Wildman–Crippen LogP) is -0.515. The zero-order valence-electron chi connectivity index (χ0n) is 9.53. The van der Waals surface area contributed by atoms with Crippen LogP contribution in [0.4, 0.5) is 0 Å². The van der Waals surface area contributed by atoms with Gasteiger partial charge in [-0.2, -0.15) is 0 Å². The van der Waals surface area contributed by atoms with Gasteiger partial charge in [0.2, 0.25) is 5.91 Å². The van der Waals surface area contributed by atoms with Crippen LogP contribution in [0.3, 0.4) is 0 Å². The molecule has 0 aliphatic rings. The number of carbonyl (C=O) groups excluding carboxylic acids is 1. The molecular formula is C10H22N2O3. The molecule has 0 spiro atoms. The zero-order chi connectivity index (χ0) is 11.7. The van der Waals surface area contributed by atoms with E-state index in [0.717, 1.165) is 6.42 Å². The molecule has 0 heterocycles. The molecule has 5 heteroatoms. The highest BCUT2D eigenvalue weighted by atomic mass is 16.5. The van der Waals surface area contributed by atoms with Crippen molar-refractivity contribution in [3.8, 4) is 0 Å². The monoisotopic (exact) mass is 218 g/mol. The summed E-state index contributed by atoms with van der Waals surface area (Å²) in [6, 6.07) is -0.441. The maximum Gasteiger partial charge on any atom is 0.237 e. The van der Waals surface area contributed by atoms with Crippen LogP contribution in [0, 0.1) is 5.92 Å². The van der Waals surface area contributed by atoms with Crippen molar-refractivity contribution in [1.29, 1.82) is 0 Å². The largest absolute Gasteiger partial charge is 0.394 e. The number of ether oxygens (including phenoxy) is 1. The molecule has 0 aromatic rings. The number of aliphatic hydroxyl groups is 1. The van der Waals surface area contributed by atoms with Gasteiger partial charge in [-0.3, -0.25) is 4.79 Å². The van der Waals surface area contributed by atoms with E-state index in [-0.39, 0.29) is 18.4 Å². The number of hydrogen-bond donors (Lipinski definition) is 3. The van der Waals surface area contributed by atoms with Crippen molar-refractivity contribution in [2.75, 3.05) is 26.4 Å². The standard InChI is InChI=1S/C10H22N2O3/c1-8(2)9(11)10(14)12-4-3-6-15-7-5-13/h8-9,13H,3-7,11H2,1-2H3,(H,12,14)/t9-/m1/s1. The Labute approximate surface area is 91.0 Å². The van der Waals surface area contributed by atoms with Crippen LogP contribution in [0.25, 0.3) is 0 Å². The van der Waals surface area contributed by atoms with Crippen LogP contribution in [-0.4, -0.2) is 43.4 Å². The minimum absolute atomic E-state index is 0.0323. The van der Waals surface area contributed by atoms with Gasteiger partial charge in [0.1, 0.15) is 0 Å². The number of rotatable bonds is 8. The molecule has 15 heavy (non-hydrogen) atoms. The summed E-state index contributed by atoms with van der Waals surface area (Å²) in [4.78, 5) is 11.4. The predicted molar refractivity (Wildman–Crippen MR) is 58.3 cm³/mol. The number of amides is 1. The molecule has 0 aromatic carbocycles. The Morgan fingerprint density at radius 2 is 2.13 bits per heavy atom. The van der Waals surface area contributed by atoms with Crippen LogP contribution in [-0.2, 0) is 9.53 Å². The fourth-order valence-electron chi connectivity index (χ4n) is 0.973. The highest BCUT2D eigenvalue weighted by Gasteiger charge is 2.15. The quantitative estimate of drug-likeness (QED) is 0.479. The number of nitrogens with one attached hydrogen (secondary N) is 1. The second-order valence-corrected chi connectivity index (χ2v) is 3.75. The van der Waals surface area contributed by atoms with Crippen LogP contribution in [0.5, 0.6) is 0 Å². The third-order valence-corrected chi connectivity index (χ3v) is 2.02. The van der Waals surface area contributed by atoms with Gasteiger partial charge >= 0.3 is 0 Å². The number of hydrogen-bond acceptors (Lipinski definition) is 4. The molecule has 0 unspecified atom stereocenters. The van der Waals surface area contributed by atoms with Crippen molar-refractivity contribution in [2.24, 2.45) is 11.7 Å². The van der Waals surface area contributed by atoms with Gasteiger partial charge in [-0.25, -0.2) is 0 Å². The molecular weight excluding hydrogens is 196 g/mol. The third kappa shape index (κ3) is 7.30. The first-order chi connectivity index (χ1) is 7.09. The van der Waals surface area contributed by atoms with E-state index in [2.05, 4.69) is 5.32 Å². The van der Waals surface area contributed by atoms with Crippen LogP contribution >= 0.6 is 0 Å². The number of aliphatic hydroxyl groups excluding tert-OH is 1. The number of nitrogens with two attached hydrogens (primary N) is 1. The lowest BCUT2D eigenvalue weighted by molar-refractivity contribution is -0.123. The van der Waals surface area contributed by atoms with E-state index in [9.17, 15) is 4.79 Å². The first-order valence-electron chi connectivity index (χ1n) is 5.31. The average Bonchev–Trinajstić information content (AvgIpc) is 2.21. The van der Waals surface area contributed by atoms with Gasteiger partial charge in [-0.1, -0.05) is 13.8 Å². The third-order valence-electron chi connectivity index (χ3n) is 2.02. The zero-order valence-corrected chi connectivity index (χ0v) is 9.53. The fraction of sp³-hybridized carbons (Fsp3) is 0.900. The van der Waals surface area contributed by atoms with E-state index in [1.165, 1.54) is 0 Å². The second-order valence-electron chi connectivity index (χ2n) is 3.75. The maximum atomic E-state index is 11.4. The van der Waals surface area contributed by atoms with Crippen LogP contribution < -0.4 is 11.1 Å². The molecule has 1 atom stereocenters.